The molecular formula is C14H19N5. The summed E-state index contributed by atoms with van der Waals surface area (Å²) >= 11 is 0. The van der Waals surface area contributed by atoms with Crippen molar-refractivity contribution in [1.82, 2.24) is 15.3 Å². The van der Waals surface area contributed by atoms with Crippen LogP contribution >= 0.6 is 0 Å². The van der Waals surface area contributed by atoms with E-state index in [0.29, 0.717) is 6.04 Å². The number of fused-ring (bicyclic) bond motifs is 1. The zero-order chi connectivity index (χ0) is 13.2. The van der Waals surface area contributed by atoms with Crippen LogP contribution in [0.15, 0.2) is 24.3 Å². The minimum Gasteiger partial charge on any atom is -0.370 e. The van der Waals surface area contributed by atoms with E-state index in [9.17, 15) is 0 Å². The van der Waals surface area contributed by atoms with E-state index in [1.165, 1.54) is 0 Å². The van der Waals surface area contributed by atoms with Crippen LogP contribution in [0.3, 0.4) is 0 Å². The molecule has 2 heterocycles. The van der Waals surface area contributed by atoms with Gasteiger partial charge in [-0.1, -0.05) is 12.1 Å². The van der Waals surface area contributed by atoms with Crippen LogP contribution in [-0.2, 0) is 0 Å². The van der Waals surface area contributed by atoms with Crippen molar-refractivity contribution in [3.8, 4) is 0 Å². The highest BCUT2D eigenvalue weighted by Gasteiger charge is 2.20. The monoisotopic (exact) mass is 257 g/mol. The first-order chi connectivity index (χ1) is 9.28. The minimum atomic E-state index is 0.478. The second kappa shape index (κ2) is 5.01. The highest BCUT2D eigenvalue weighted by Crippen LogP contribution is 2.25. The summed E-state index contributed by atoms with van der Waals surface area (Å²) in [7, 11) is 1.90. The largest absolute Gasteiger partial charge is 0.370 e. The van der Waals surface area contributed by atoms with Gasteiger partial charge in [-0.3, -0.25) is 0 Å². The molecule has 0 bridgehead atoms. The number of anilines is 2. The van der Waals surface area contributed by atoms with Gasteiger partial charge in [-0.15, -0.1) is 0 Å². The standard InChI is InChI=1S/C14H19N5/c1-10-9-19(8-7-16-10)14-13(15-2)17-11-5-3-4-6-12(11)18-14/h3-6,10,16H,7-9H2,1-2H3,(H,15,17). The maximum atomic E-state index is 4.78. The van der Waals surface area contributed by atoms with Gasteiger partial charge >= 0.3 is 0 Å². The maximum absolute atomic E-state index is 4.78. The fraction of sp³-hybridized carbons (Fsp3) is 0.429. The number of nitrogens with zero attached hydrogens (tertiary/aromatic N) is 3. The van der Waals surface area contributed by atoms with Crippen molar-refractivity contribution in [2.75, 3.05) is 36.9 Å². The fourth-order valence-corrected chi connectivity index (χ4v) is 2.50. The zero-order valence-corrected chi connectivity index (χ0v) is 11.3. The Morgan fingerprint density at radius 2 is 2.00 bits per heavy atom. The second-order valence-electron chi connectivity index (χ2n) is 4.94. The maximum Gasteiger partial charge on any atom is 0.172 e. The quantitative estimate of drug-likeness (QED) is 0.853. The van der Waals surface area contributed by atoms with Gasteiger partial charge in [0.1, 0.15) is 0 Å². The summed E-state index contributed by atoms with van der Waals surface area (Å²) in [4.78, 5) is 11.7. The number of nitrogens with one attached hydrogen (secondary N) is 2. The molecule has 3 rings (SSSR count). The van der Waals surface area contributed by atoms with Gasteiger partial charge in [0.15, 0.2) is 11.6 Å². The Labute approximate surface area is 113 Å². The van der Waals surface area contributed by atoms with Crippen molar-refractivity contribution in [2.24, 2.45) is 0 Å². The third-order valence-electron chi connectivity index (χ3n) is 3.46. The molecule has 1 aliphatic heterocycles. The second-order valence-corrected chi connectivity index (χ2v) is 4.94. The SMILES string of the molecule is CNc1nc2ccccc2nc1N1CCNC(C)C1. The molecule has 0 spiro atoms. The van der Waals surface area contributed by atoms with Gasteiger partial charge < -0.3 is 15.5 Å². The molecule has 1 atom stereocenters. The molecule has 0 saturated carbocycles. The third-order valence-corrected chi connectivity index (χ3v) is 3.46. The molecule has 19 heavy (non-hydrogen) atoms. The fourth-order valence-electron chi connectivity index (χ4n) is 2.50. The highest BCUT2D eigenvalue weighted by atomic mass is 15.3. The minimum absolute atomic E-state index is 0.478. The third kappa shape index (κ3) is 2.33. The molecular weight excluding hydrogens is 238 g/mol. The topological polar surface area (TPSA) is 53.1 Å². The summed E-state index contributed by atoms with van der Waals surface area (Å²) < 4.78 is 0. The molecule has 1 fully saturated rings. The molecule has 5 nitrogen and oxygen atoms in total. The first-order valence-electron chi connectivity index (χ1n) is 6.71. The van der Waals surface area contributed by atoms with E-state index in [1.807, 2.05) is 31.3 Å². The predicted molar refractivity (Wildman–Crippen MR) is 78.8 cm³/mol. The number of piperazine rings is 1. The molecule has 0 amide bonds. The Bertz CT molecular complexity index is 583. The van der Waals surface area contributed by atoms with Crippen molar-refractivity contribution < 1.29 is 0 Å². The summed E-state index contributed by atoms with van der Waals surface area (Å²) in [5.41, 5.74) is 1.88. The van der Waals surface area contributed by atoms with E-state index in [1.54, 1.807) is 0 Å². The number of benzene rings is 1. The van der Waals surface area contributed by atoms with Crippen LogP contribution in [0.4, 0.5) is 11.6 Å². The van der Waals surface area contributed by atoms with Crippen molar-refractivity contribution in [2.45, 2.75) is 13.0 Å². The van der Waals surface area contributed by atoms with E-state index < -0.39 is 0 Å². The van der Waals surface area contributed by atoms with Crippen LogP contribution in [0, 0.1) is 0 Å². The van der Waals surface area contributed by atoms with Gasteiger partial charge in [0.25, 0.3) is 0 Å². The number of para-hydroxylation sites is 2. The Kier molecular flexibility index (Phi) is 3.21. The number of hydrogen-bond donors (Lipinski definition) is 2. The van der Waals surface area contributed by atoms with Crippen LogP contribution in [0.1, 0.15) is 6.92 Å². The zero-order valence-electron chi connectivity index (χ0n) is 11.3. The van der Waals surface area contributed by atoms with E-state index in [0.717, 1.165) is 42.3 Å². The molecule has 1 saturated heterocycles. The van der Waals surface area contributed by atoms with E-state index in [-0.39, 0.29) is 0 Å². The van der Waals surface area contributed by atoms with Crippen LogP contribution in [-0.4, -0.2) is 42.7 Å². The molecule has 0 radical (unpaired) electrons. The lowest BCUT2D eigenvalue weighted by molar-refractivity contribution is 0.482. The van der Waals surface area contributed by atoms with Crippen molar-refractivity contribution in [1.29, 1.82) is 0 Å². The van der Waals surface area contributed by atoms with E-state index in [2.05, 4.69) is 27.4 Å². The van der Waals surface area contributed by atoms with Gasteiger partial charge in [-0.2, -0.15) is 0 Å². The molecule has 2 N–H and O–H groups in total. The summed E-state index contributed by atoms with van der Waals surface area (Å²) in [5, 5.41) is 6.61. The van der Waals surface area contributed by atoms with Crippen LogP contribution in [0.5, 0.6) is 0 Å². The molecule has 1 unspecified atom stereocenters. The summed E-state index contributed by atoms with van der Waals surface area (Å²) in [6.45, 7) is 5.10. The number of aromatic nitrogens is 2. The van der Waals surface area contributed by atoms with E-state index in [4.69, 9.17) is 4.98 Å². The van der Waals surface area contributed by atoms with Crippen molar-refractivity contribution in [3.05, 3.63) is 24.3 Å². The first-order valence-corrected chi connectivity index (χ1v) is 6.71. The lowest BCUT2D eigenvalue weighted by atomic mass is 10.2. The molecule has 2 aromatic rings. The summed E-state index contributed by atoms with van der Waals surface area (Å²) in [6, 6.07) is 8.47. The number of hydrogen-bond acceptors (Lipinski definition) is 5. The smallest absolute Gasteiger partial charge is 0.172 e. The molecule has 0 aliphatic carbocycles. The molecule has 1 aromatic carbocycles. The lowest BCUT2D eigenvalue weighted by Crippen LogP contribution is -2.49. The highest BCUT2D eigenvalue weighted by molar-refractivity contribution is 5.80. The van der Waals surface area contributed by atoms with Crippen molar-refractivity contribution >= 4 is 22.7 Å². The molecule has 1 aromatic heterocycles. The van der Waals surface area contributed by atoms with Gasteiger partial charge in [-0.25, -0.2) is 9.97 Å². The Morgan fingerprint density at radius 1 is 1.26 bits per heavy atom. The molecule has 100 valence electrons. The van der Waals surface area contributed by atoms with Crippen molar-refractivity contribution in [3.63, 3.8) is 0 Å². The summed E-state index contributed by atoms with van der Waals surface area (Å²) in [5.74, 6) is 1.81. The Morgan fingerprint density at radius 3 is 2.68 bits per heavy atom. The predicted octanol–water partition coefficient (Wildman–Crippen LogP) is 1.47. The normalized spacial score (nSPS) is 19.7. The molecule has 1 aliphatic rings. The van der Waals surface area contributed by atoms with Gasteiger partial charge in [0.05, 0.1) is 11.0 Å². The van der Waals surface area contributed by atoms with E-state index >= 15 is 0 Å². The Hall–Kier alpha value is -1.88. The average molecular weight is 257 g/mol. The van der Waals surface area contributed by atoms with Crippen LogP contribution < -0.4 is 15.5 Å². The van der Waals surface area contributed by atoms with Gasteiger partial charge in [0.2, 0.25) is 0 Å². The molecule has 5 heteroatoms. The summed E-state index contributed by atoms with van der Waals surface area (Å²) in [6.07, 6.45) is 0. The lowest BCUT2D eigenvalue weighted by Gasteiger charge is -2.33. The Balaban J connectivity index is 2.05. The van der Waals surface area contributed by atoms with Crippen LogP contribution in [0.25, 0.3) is 11.0 Å². The number of rotatable bonds is 2. The average Bonchev–Trinajstić information content (AvgIpc) is 2.46. The van der Waals surface area contributed by atoms with Crippen LogP contribution in [0.2, 0.25) is 0 Å². The van der Waals surface area contributed by atoms with Gasteiger partial charge in [0, 0.05) is 32.7 Å². The van der Waals surface area contributed by atoms with Gasteiger partial charge in [-0.05, 0) is 19.1 Å². The first kappa shape index (κ1) is 12.2.